The summed E-state index contributed by atoms with van der Waals surface area (Å²) in [7, 11) is 0. The molecule has 7 heteroatoms. The van der Waals surface area contributed by atoms with E-state index in [-0.39, 0.29) is 11.7 Å². The quantitative estimate of drug-likeness (QED) is 0.693. The molecule has 0 aliphatic rings. The molecule has 110 valence electrons. The fourth-order valence-electron chi connectivity index (χ4n) is 1.32. The van der Waals surface area contributed by atoms with Gasteiger partial charge in [-0.1, -0.05) is 15.9 Å². The molecule has 0 spiro atoms. The number of halogens is 1. The first-order valence-electron chi connectivity index (χ1n) is 5.98. The predicted molar refractivity (Wildman–Crippen MR) is 82.2 cm³/mol. The van der Waals surface area contributed by atoms with E-state index in [2.05, 4.69) is 21.2 Å². The Balaban J connectivity index is 2.25. The number of rotatable bonds is 8. The average molecular weight is 362 g/mol. The van der Waals surface area contributed by atoms with Crippen LogP contribution in [0, 0.1) is 0 Å². The second-order valence-electron chi connectivity index (χ2n) is 3.95. The molecule has 2 N–H and O–H groups in total. The summed E-state index contributed by atoms with van der Waals surface area (Å²) in [5, 5.41) is 11.2. The molecule has 0 heterocycles. The van der Waals surface area contributed by atoms with Crippen molar-refractivity contribution in [2.75, 3.05) is 18.1 Å². The Morgan fingerprint density at radius 1 is 1.40 bits per heavy atom. The number of carboxylic acid groups (broad SMARTS) is 1. The Bertz CT molecular complexity index is 452. The van der Waals surface area contributed by atoms with Crippen molar-refractivity contribution < 1.29 is 19.4 Å². The van der Waals surface area contributed by atoms with E-state index in [0.29, 0.717) is 18.0 Å². The molecule has 0 saturated heterocycles. The van der Waals surface area contributed by atoms with Gasteiger partial charge in [-0.15, -0.1) is 11.8 Å². The molecule has 0 aliphatic heterocycles. The summed E-state index contributed by atoms with van der Waals surface area (Å²) in [4.78, 5) is 22.0. The highest BCUT2D eigenvalue weighted by atomic mass is 79.9. The molecule has 0 fully saturated rings. The van der Waals surface area contributed by atoms with Gasteiger partial charge in [0, 0.05) is 16.8 Å². The van der Waals surface area contributed by atoms with Gasteiger partial charge < -0.3 is 15.2 Å². The van der Waals surface area contributed by atoms with Crippen LogP contribution < -0.4 is 10.1 Å². The summed E-state index contributed by atoms with van der Waals surface area (Å²) in [6.07, 6.45) is -0.597. The van der Waals surface area contributed by atoms with Crippen molar-refractivity contribution in [1.82, 2.24) is 5.32 Å². The number of thioether (sulfide) groups is 1. The van der Waals surface area contributed by atoms with Gasteiger partial charge in [0.2, 0.25) is 0 Å². The highest BCUT2D eigenvalue weighted by molar-refractivity contribution is 9.10. The number of carbonyl (C=O) groups is 2. The molecule has 0 aliphatic carbocycles. The Morgan fingerprint density at radius 3 is 2.65 bits per heavy atom. The minimum Gasteiger partial charge on any atom is -0.481 e. The van der Waals surface area contributed by atoms with E-state index < -0.39 is 12.1 Å². The van der Waals surface area contributed by atoms with E-state index >= 15 is 0 Å². The van der Waals surface area contributed by atoms with Crippen molar-refractivity contribution in [3.05, 3.63) is 28.7 Å². The Kier molecular flexibility index (Phi) is 7.46. The zero-order valence-corrected chi connectivity index (χ0v) is 13.4. The van der Waals surface area contributed by atoms with E-state index in [1.807, 2.05) is 12.1 Å². The molecule has 1 aromatic carbocycles. The molecule has 20 heavy (non-hydrogen) atoms. The van der Waals surface area contributed by atoms with Crippen molar-refractivity contribution in [3.63, 3.8) is 0 Å². The van der Waals surface area contributed by atoms with Gasteiger partial charge >= 0.3 is 5.97 Å². The zero-order valence-electron chi connectivity index (χ0n) is 11.0. The number of hydrogen-bond acceptors (Lipinski definition) is 4. The van der Waals surface area contributed by atoms with Gasteiger partial charge in [0.15, 0.2) is 6.10 Å². The molecule has 0 aromatic heterocycles. The third-order valence-corrected chi connectivity index (χ3v) is 3.74. The second kappa shape index (κ2) is 8.86. The first kappa shape index (κ1) is 16.8. The van der Waals surface area contributed by atoms with Gasteiger partial charge in [-0.3, -0.25) is 9.59 Å². The van der Waals surface area contributed by atoms with Crippen molar-refractivity contribution in [2.45, 2.75) is 13.0 Å². The molecule has 1 unspecified atom stereocenters. The number of nitrogens with one attached hydrogen (secondary N) is 1. The van der Waals surface area contributed by atoms with Crippen LogP contribution in [0.4, 0.5) is 0 Å². The smallest absolute Gasteiger partial charge is 0.313 e. The van der Waals surface area contributed by atoms with E-state index in [9.17, 15) is 9.59 Å². The van der Waals surface area contributed by atoms with Gasteiger partial charge in [-0.2, -0.15) is 0 Å². The Labute approximate surface area is 130 Å². The summed E-state index contributed by atoms with van der Waals surface area (Å²) >= 11 is 4.58. The minimum absolute atomic E-state index is 0.0425. The van der Waals surface area contributed by atoms with Crippen LogP contribution in [0.3, 0.4) is 0 Å². The Morgan fingerprint density at radius 2 is 2.05 bits per heavy atom. The van der Waals surface area contributed by atoms with Gasteiger partial charge in [0.05, 0.1) is 5.75 Å². The number of amides is 1. The monoisotopic (exact) mass is 361 g/mol. The van der Waals surface area contributed by atoms with E-state index in [1.54, 1.807) is 19.1 Å². The first-order chi connectivity index (χ1) is 9.49. The summed E-state index contributed by atoms with van der Waals surface area (Å²) in [5.41, 5.74) is 0. The normalized spacial score (nSPS) is 11.7. The molecule has 1 amide bonds. The maximum atomic E-state index is 11.7. The van der Waals surface area contributed by atoms with Crippen LogP contribution in [-0.2, 0) is 9.59 Å². The van der Waals surface area contributed by atoms with E-state index in [0.717, 1.165) is 4.47 Å². The lowest BCUT2D eigenvalue weighted by atomic mass is 10.3. The van der Waals surface area contributed by atoms with Gasteiger partial charge in [-0.25, -0.2) is 0 Å². The van der Waals surface area contributed by atoms with Gasteiger partial charge in [0.25, 0.3) is 5.91 Å². The molecule has 5 nitrogen and oxygen atoms in total. The van der Waals surface area contributed by atoms with Crippen molar-refractivity contribution in [3.8, 4) is 5.75 Å². The highest BCUT2D eigenvalue weighted by Gasteiger charge is 2.13. The largest absolute Gasteiger partial charge is 0.481 e. The van der Waals surface area contributed by atoms with Crippen LogP contribution in [-0.4, -0.2) is 41.1 Å². The molecule has 1 aromatic rings. The van der Waals surface area contributed by atoms with Crippen LogP contribution >= 0.6 is 27.7 Å². The van der Waals surface area contributed by atoms with Crippen LogP contribution in [0.5, 0.6) is 5.75 Å². The predicted octanol–water partition coefficient (Wildman–Crippen LogP) is 2.15. The zero-order chi connectivity index (χ0) is 15.0. The third kappa shape index (κ3) is 6.81. The average Bonchev–Trinajstić information content (AvgIpc) is 2.40. The summed E-state index contributed by atoms with van der Waals surface area (Å²) < 4.78 is 6.43. The van der Waals surface area contributed by atoms with Crippen molar-refractivity contribution >= 4 is 39.6 Å². The number of ether oxygens (including phenoxy) is 1. The first-order valence-corrected chi connectivity index (χ1v) is 7.93. The second-order valence-corrected chi connectivity index (χ2v) is 5.97. The highest BCUT2D eigenvalue weighted by Crippen LogP contribution is 2.17. The maximum Gasteiger partial charge on any atom is 0.313 e. The standard InChI is InChI=1S/C13H16BrNO4S/c1-9(19-11-4-2-10(14)3-5-11)13(18)15-6-7-20-8-12(16)17/h2-5,9H,6-8H2,1H3,(H,15,18)(H,16,17). The van der Waals surface area contributed by atoms with Crippen molar-refractivity contribution in [2.24, 2.45) is 0 Å². The number of carbonyl (C=O) groups excluding carboxylic acids is 1. The number of carboxylic acids is 1. The topological polar surface area (TPSA) is 75.6 Å². The van der Waals surface area contributed by atoms with Gasteiger partial charge in [0.1, 0.15) is 5.75 Å². The van der Waals surface area contributed by atoms with Crippen LogP contribution in [0.15, 0.2) is 28.7 Å². The van der Waals surface area contributed by atoms with Gasteiger partial charge in [-0.05, 0) is 31.2 Å². The van der Waals surface area contributed by atoms with E-state index in [1.165, 1.54) is 11.8 Å². The fourth-order valence-corrected chi connectivity index (χ4v) is 2.15. The maximum absolute atomic E-state index is 11.7. The summed E-state index contributed by atoms with van der Waals surface area (Å²) in [6, 6.07) is 7.22. The number of aliphatic carboxylic acids is 1. The number of hydrogen-bond donors (Lipinski definition) is 2. The number of benzene rings is 1. The summed E-state index contributed by atoms with van der Waals surface area (Å²) in [5.74, 6) is 0.150. The molecule has 1 atom stereocenters. The molecule has 0 bridgehead atoms. The summed E-state index contributed by atoms with van der Waals surface area (Å²) in [6.45, 7) is 2.09. The SMILES string of the molecule is CC(Oc1ccc(Br)cc1)C(=O)NCCSCC(=O)O. The Hall–Kier alpha value is -1.21. The van der Waals surface area contributed by atoms with E-state index in [4.69, 9.17) is 9.84 Å². The minimum atomic E-state index is -0.853. The molecule has 0 saturated carbocycles. The van der Waals surface area contributed by atoms with Crippen molar-refractivity contribution in [1.29, 1.82) is 0 Å². The molecular weight excluding hydrogens is 346 g/mol. The molecular formula is C13H16BrNO4S. The lowest BCUT2D eigenvalue weighted by Crippen LogP contribution is -2.37. The third-order valence-electron chi connectivity index (χ3n) is 2.27. The van der Waals surface area contributed by atoms with Crippen LogP contribution in [0.1, 0.15) is 6.92 Å². The van der Waals surface area contributed by atoms with Crippen LogP contribution in [0.2, 0.25) is 0 Å². The molecule has 1 rings (SSSR count). The lowest BCUT2D eigenvalue weighted by Gasteiger charge is -2.14. The molecule has 0 radical (unpaired) electrons. The lowest BCUT2D eigenvalue weighted by molar-refractivity contribution is -0.134. The van der Waals surface area contributed by atoms with Crippen LogP contribution in [0.25, 0.3) is 0 Å². The fraction of sp³-hybridized carbons (Fsp3) is 0.385.